The van der Waals surface area contributed by atoms with Crippen molar-refractivity contribution < 1.29 is 0 Å². The molecule has 3 N–H and O–H groups in total. The summed E-state index contributed by atoms with van der Waals surface area (Å²) in [5.41, 5.74) is 6.80. The number of nitrogens with one attached hydrogen (secondary N) is 1. The van der Waals surface area contributed by atoms with Crippen LogP contribution in [0.4, 0.5) is 5.69 Å². The first-order chi connectivity index (χ1) is 6.67. The van der Waals surface area contributed by atoms with Crippen molar-refractivity contribution in [1.82, 2.24) is 0 Å². The van der Waals surface area contributed by atoms with Gasteiger partial charge in [-0.15, -0.1) is 0 Å². The van der Waals surface area contributed by atoms with Gasteiger partial charge in [-0.3, -0.25) is 0 Å². The van der Waals surface area contributed by atoms with E-state index >= 15 is 0 Å². The van der Waals surface area contributed by atoms with Crippen molar-refractivity contribution in [3.05, 3.63) is 28.8 Å². The minimum atomic E-state index is 0.183. The molecule has 0 aliphatic heterocycles. The average molecular weight is 210 g/mol. The number of hydrogen-bond donors (Lipinski definition) is 2. The second-order valence-corrected chi connectivity index (χ2v) is 3.49. The molecular formula is C10H12ClN3. The predicted octanol–water partition coefficient (Wildman–Crippen LogP) is 1.97. The first-order valence-electron chi connectivity index (χ1n) is 4.33. The van der Waals surface area contributed by atoms with Gasteiger partial charge in [0.05, 0.1) is 10.6 Å². The Morgan fingerprint density at radius 1 is 1.64 bits per heavy atom. The smallest absolute Gasteiger partial charge is 0.101 e. The van der Waals surface area contributed by atoms with Gasteiger partial charge in [0.25, 0.3) is 0 Å². The standard InChI is InChI=1S/C10H12ClN3/c1-7(5-12)14-9-2-3-10(11)8(4-9)6-13/h2-4,7,14H,5,12H2,1H3. The molecule has 0 amide bonds. The number of halogens is 1. The lowest BCUT2D eigenvalue weighted by molar-refractivity contribution is 0.804. The van der Waals surface area contributed by atoms with Crippen LogP contribution < -0.4 is 11.1 Å². The molecule has 0 heterocycles. The highest BCUT2D eigenvalue weighted by molar-refractivity contribution is 6.31. The monoisotopic (exact) mass is 209 g/mol. The van der Waals surface area contributed by atoms with Crippen molar-refractivity contribution in [3.63, 3.8) is 0 Å². The second-order valence-electron chi connectivity index (χ2n) is 3.09. The Morgan fingerprint density at radius 3 is 2.93 bits per heavy atom. The topological polar surface area (TPSA) is 61.8 Å². The third-order valence-corrected chi connectivity index (χ3v) is 2.18. The van der Waals surface area contributed by atoms with Crippen LogP contribution in [-0.2, 0) is 0 Å². The van der Waals surface area contributed by atoms with Crippen molar-refractivity contribution in [2.45, 2.75) is 13.0 Å². The van der Waals surface area contributed by atoms with Crippen LogP contribution in [0.15, 0.2) is 18.2 Å². The van der Waals surface area contributed by atoms with E-state index in [1.54, 1.807) is 12.1 Å². The summed E-state index contributed by atoms with van der Waals surface area (Å²) in [6.45, 7) is 2.52. The van der Waals surface area contributed by atoms with Crippen LogP contribution in [0.3, 0.4) is 0 Å². The maximum atomic E-state index is 8.75. The van der Waals surface area contributed by atoms with E-state index in [1.165, 1.54) is 0 Å². The van der Waals surface area contributed by atoms with Crippen LogP contribution in [0, 0.1) is 11.3 Å². The molecule has 0 saturated heterocycles. The largest absolute Gasteiger partial charge is 0.381 e. The quantitative estimate of drug-likeness (QED) is 0.800. The molecule has 0 aromatic heterocycles. The van der Waals surface area contributed by atoms with E-state index in [-0.39, 0.29) is 6.04 Å². The molecule has 0 aliphatic carbocycles. The van der Waals surface area contributed by atoms with E-state index in [9.17, 15) is 0 Å². The predicted molar refractivity (Wildman–Crippen MR) is 58.3 cm³/mol. The molecule has 0 spiro atoms. The van der Waals surface area contributed by atoms with Gasteiger partial charge in [-0.25, -0.2) is 0 Å². The van der Waals surface area contributed by atoms with Crippen LogP contribution in [0.2, 0.25) is 5.02 Å². The Morgan fingerprint density at radius 2 is 2.36 bits per heavy atom. The van der Waals surface area contributed by atoms with Crippen molar-refractivity contribution in [3.8, 4) is 6.07 Å². The van der Waals surface area contributed by atoms with Gasteiger partial charge < -0.3 is 11.1 Å². The van der Waals surface area contributed by atoms with Crippen LogP contribution in [0.25, 0.3) is 0 Å². The SMILES string of the molecule is CC(CN)Nc1ccc(Cl)c(C#N)c1. The zero-order valence-electron chi connectivity index (χ0n) is 7.92. The summed E-state index contributed by atoms with van der Waals surface area (Å²) in [5, 5.41) is 12.4. The number of nitrogens with zero attached hydrogens (tertiary/aromatic N) is 1. The molecule has 0 bridgehead atoms. The number of hydrogen-bond acceptors (Lipinski definition) is 3. The van der Waals surface area contributed by atoms with E-state index in [2.05, 4.69) is 5.32 Å². The lowest BCUT2D eigenvalue weighted by Crippen LogP contribution is -2.25. The van der Waals surface area contributed by atoms with Gasteiger partial charge >= 0.3 is 0 Å². The summed E-state index contributed by atoms with van der Waals surface area (Å²) in [5.74, 6) is 0. The van der Waals surface area contributed by atoms with Gasteiger partial charge in [0.1, 0.15) is 6.07 Å². The van der Waals surface area contributed by atoms with Crippen molar-refractivity contribution >= 4 is 17.3 Å². The number of anilines is 1. The highest BCUT2D eigenvalue weighted by atomic mass is 35.5. The van der Waals surface area contributed by atoms with Gasteiger partial charge in [-0.2, -0.15) is 5.26 Å². The average Bonchev–Trinajstić information content (AvgIpc) is 2.20. The third kappa shape index (κ3) is 2.63. The molecule has 1 atom stereocenters. The van der Waals surface area contributed by atoms with E-state index in [1.807, 2.05) is 19.1 Å². The fraction of sp³-hybridized carbons (Fsp3) is 0.300. The Labute approximate surface area is 88.5 Å². The third-order valence-electron chi connectivity index (χ3n) is 1.85. The molecule has 1 aromatic carbocycles. The normalized spacial score (nSPS) is 11.9. The molecule has 74 valence electrons. The second kappa shape index (κ2) is 4.85. The lowest BCUT2D eigenvalue weighted by Gasteiger charge is -2.12. The maximum Gasteiger partial charge on any atom is 0.101 e. The highest BCUT2D eigenvalue weighted by Gasteiger charge is 2.03. The van der Waals surface area contributed by atoms with E-state index in [0.717, 1.165) is 5.69 Å². The molecule has 1 rings (SSSR count). The van der Waals surface area contributed by atoms with E-state index < -0.39 is 0 Å². The molecule has 0 fully saturated rings. The first kappa shape index (κ1) is 10.8. The molecule has 14 heavy (non-hydrogen) atoms. The van der Waals surface area contributed by atoms with Crippen LogP contribution >= 0.6 is 11.6 Å². The van der Waals surface area contributed by atoms with Gasteiger partial charge in [0, 0.05) is 18.3 Å². The fourth-order valence-electron chi connectivity index (χ4n) is 1.04. The van der Waals surface area contributed by atoms with Crippen molar-refractivity contribution in [1.29, 1.82) is 5.26 Å². The van der Waals surface area contributed by atoms with Crippen LogP contribution in [0.5, 0.6) is 0 Å². The summed E-state index contributed by atoms with van der Waals surface area (Å²) in [6.07, 6.45) is 0. The molecule has 4 heteroatoms. The van der Waals surface area contributed by atoms with Crippen LogP contribution in [0.1, 0.15) is 12.5 Å². The number of nitriles is 1. The van der Waals surface area contributed by atoms with Gasteiger partial charge in [-0.1, -0.05) is 11.6 Å². The summed E-state index contributed by atoms with van der Waals surface area (Å²) >= 11 is 5.79. The van der Waals surface area contributed by atoms with E-state index in [4.69, 9.17) is 22.6 Å². The Hall–Kier alpha value is -1.24. The Balaban J connectivity index is 2.86. The first-order valence-corrected chi connectivity index (χ1v) is 4.71. The molecular weight excluding hydrogens is 198 g/mol. The number of nitrogens with two attached hydrogens (primary N) is 1. The van der Waals surface area contributed by atoms with Gasteiger partial charge in [-0.05, 0) is 25.1 Å². The molecule has 1 unspecified atom stereocenters. The minimum absolute atomic E-state index is 0.183. The molecule has 3 nitrogen and oxygen atoms in total. The zero-order chi connectivity index (χ0) is 10.6. The molecule has 0 aliphatic rings. The Kier molecular flexibility index (Phi) is 3.75. The lowest BCUT2D eigenvalue weighted by atomic mass is 10.2. The summed E-state index contributed by atoms with van der Waals surface area (Å²) in [7, 11) is 0. The fourth-order valence-corrected chi connectivity index (χ4v) is 1.20. The molecule has 1 aromatic rings. The highest BCUT2D eigenvalue weighted by Crippen LogP contribution is 2.19. The number of benzene rings is 1. The molecule has 0 radical (unpaired) electrons. The van der Waals surface area contributed by atoms with E-state index in [0.29, 0.717) is 17.1 Å². The summed E-state index contributed by atoms with van der Waals surface area (Å²) in [6, 6.07) is 7.45. The summed E-state index contributed by atoms with van der Waals surface area (Å²) < 4.78 is 0. The number of rotatable bonds is 3. The zero-order valence-corrected chi connectivity index (χ0v) is 8.67. The summed E-state index contributed by atoms with van der Waals surface area (Å²) in [4.78, 5) is 0. The van der Waals surface area contributed by atoms with Gasteiger partial charge in [0.15, 0.2) is 0 Å². The minimum Gasteiger partial charge on any atom is -0.381 e. The molecule has 0 saturated carbocycles. The maximum absolute atomic E-state index is 8.75. The van der Waals surface area contributed by atoms with Crippen LogP contribution in [-0.4, -0.2) is 12.6 Å². The van der Waals surface area contributed by atoms with Crippen molar-refractivity contribution in [2.75, 3.05) is 11.9 Å². The Bertz CT molecular complexity index is 357. The van der Waals surface area contributed by atoms with Crippen molar-refractivity contribution in [2.24, 2.45) is 5.73 Å². The van der Waals surface area contributed by atoms with Gasteiger partial charge in [0.2, 0.25) is 0 Å².